The van der Waals surface area contributed by atoms with E-state index in [-0.39, 0.29) is 12.4 Å². The van der Waals surface area contributed by atoms with Crippen molar-refractivity contribution in [1.82, 2.24) is 0 Å². The molecule has 0 aliphatic heterocycles. The summed E-state index contributed by atoms with van der Waals surface area (Å²) in [5.41, 5.74) is 0.839. The molecule has 82 valence electrons. The van der Waals surface area contributed by atoms with Crippen LogP contribution in [-0.4, -0.2) is 13.1 Å². The lowest BCUT2D eigenvalue weighted by atomic mass is 10.1. The summed E-state index contributed by atoms with van der Waals surface area (Å²) in [5.74, 6) is 4.77. The van der Waals surface area contributed by atoms with Crippen molar-refractivity contribution < 1.29 is 14.4 Å². The lowest BCUT2D eigenvalue weighted by Gasteiger charge is -2.13. The van der Waals surface area contributed by atoms with E-state index < -0.39 is 6.10 Å². The molecule has 15 heavy (non-hydrogen) atoms. The van der Waals surface area contributed by atoms with Crippen LogP contribution in [0.2, 0.25) is 0 Å². The summed E-state index contributed by atoms with van der Waals surface area (Å²) in [4.78, 5) is 15.8. The highest BCUT2D eigenvalue weighted by Crippen LogP contribution is 2.21. The van der Waals surface area contributed by atoms with Crippen molar-refractivity contribution in [3.05, 3.63) is 34.3 Å². The summed E-state index contributed by atoms with van der Waals surface area (Å²) in [7, 11) is 1.33. The Morgan fingerprint density at radius 2 is 2.07 bits per heavy atom. The smallest absolute Gasteiger partial charge is 0.308 e. The normalized spacial score (nSPS) is 12.2. The molecule has 5 heteroatoms. The van der Waals surface area contributed by atoms with Gasteiger partial charge in [-0.05, 0) is 17.7 Å². The predicted molar refractivity (Wildman–Crippen MR) is 58.8 cm³/mol. The highest BCUT2D eigenvalue weighted by Gasteiger charge is 2.16. The molecule has 1 aromatic carbocycles. The van der Waals surface area contributed by atoms with E-state index in [0.717, 1.165) is 10.0 Å². The van der Waals surface area contributed by atoms with Gasteiger partial charge in [-0.25, -0.2) is 5.90 Å². The van der Waals surface area contributed by atoms with Crippen molar-refractivity contribution in [3.8, 4) is 0 Å². The summed E-state index contributed by atoms with van der Waals surface area (Å²) in [6.45, 7) is 0. The molecule has 0 aromatic heterocycles. The quantitative estimate of drug-likeness (QED) is 0.673. The van der Waals surface area contributed by atoms with Gasteiger partial charge in [0.05, 0.1) is 13.5 Å². The van der Waals surface area contributed by atoms with E-state index in [0.29, 0.717) is 0 Å². The summed E-state index contributed by atoms with van der Waals surface area (Å²) >= 11 is 3.32. The molecule has 0 aliphatic carbocycles. The third-order valence-corrected chi connectivity index (χ3v) is 2.51. The molecule has 0 saturated heterocycles. The maximum atomic E-state index is 11.1. The number of hydrogen-bond donors (Lipinski definition) is 1. The zero-order chi connectivity index (χ0) is 11.3. The number of nitrogens with two attached hydrogens (primary N) is 1. The highest BCUT2D eigenvalue weighted by atomic mass is 79.9. The monoisotopic (exact) mass is 273 g/mol. The molecule has 0 fully saturated rings. The molecule has 1 aromatic rings. The largest absolute Gasteiger partial charge is 0.469 e. The van der Waals surface area contributed by atoms with Crippen LogP contribution in [0.1, 0.15) is 18.1 Å². The first-order chi connectivity index (χ1) is 7.17. The Labute approximate surface area is 96.4 Å². The zero-order valence-corrected chi connectivity index (χ0v) is 9.86. The molecule has 2 N–H and O–H groups in total. The number of carbonyl (C=O) groups is 1. The number of carbonyl (C=O) groups excluding carboxylic acids is 1. The van der Waals surface area contributed by atoms with Crippen molar-refractivity contribution in [3.63, 3.8) is 0 Å². The second-order valence-corrected chi connectivity index (χ2v) is 3.87. The van der Waals surface area contributed by atoms with Gasteiger partial charge in [0.2, 0.25) is 0 Å². The Morgan fingerprint density at radius 1 is 1.47 bits per heavy atom. The average Bonchev–Trinajstić information content (AvgIpc) is 2.27. The number of halogens is 1. The Balaban J connectivity index is 2.74. The molecule has 0 aliphatic rings. The standard InChI is InChI=1S/C10H12BrNO3/c1-14-10(13)6-9(15-12)7-2-4-8(11)5-3-7/h2-5,9H,6,12H2,1H3. The fourth-order valence-electron chi connectivity index (χ4n) is 1.16. The van der Waals surface area contributed by atoms with Gasteiger partial charge in [-0.3, -0.25) is 9.63 Å². The second-order valence-electron chi connectivity index (χ2n) is 2.96. The minimum Gasteiger partial charge on any atom is -0.469 e. The van der Waals surface area contributed by atoms with E-state index >= 15 is 0 Å². The number of hydrogen-bond acceptors (Lipinski definition) is 4. The van der Waals surface area contributed by atoms with Gasteiger partial charge in [0.15, 0.2) is 0 Å². The van der Waals surface area contributed by atoms with Crippen LogP contribution in [0, 0.1) is 0 Å². The number of methoxy groups -OCH3 is 1. The minimum atomic E-state index is -0.467. The van der Waals surface area contributed by atoms with Gasteiger partial charge in [0, 0.05) is 4.47 Å². The predicted octanol–water partition coefficient (Wildman–Crippen LogP) is 1.94. The molecular formula is C10H12BrNO3. The minimum absolute atomic E-state index is 0.106. The third-order valence-electron chi connectivity index (χ3n) is 1.99. The summed E-state index contributed by atoms with van der Waals surface area (Å²) in [5, 5.41) is 0. The Bertz CT molecular complexity index is 326. The van der Waals surface area contributed by atoms with Gasteiger partial charge in [-0.15, -0.1) is 0 Å². The van der Waals surface area contributed by atoms with E-state index in [2.05, 4.69) is 20.7 Å². The first-order valence-corrected chi connectivity index (χ1v) is 5.14. The Kier molecular flexibility index (Phi) is 4.74. The van der Waals surface area contributed by atoms with Gasteiger partial charge >= 0.3 is 5.97 Å². The lowest BCUT2D eigenvalue weighted by molar-refractivity contribution is -0.144. The van der Waals surface area contributed by atoms with Crippen LogP contribution in [0.5, 0.6) is 0 Å². The van der Waals surface area contributed by atoms with Crippen molar-refractivity contribution >= 4 is 21.9 Å². The van der Waals surface area contributed by atoms with E-state index in [4.69, 9.17) is 10.7 Å². The van der Waals surface area contributed by atoms with Crippen LogP contribution in [0.15, 0.2) is 28.7 Å². The average molecular weight is 274 g/mol. The SMILES string of the molecule is COC(=O)CC(ON)c1ccc(Br)cc1. The number of esters is 1. The molecular weight excluding hydrogens is 262 g/mol. The van der Waals surface area contributed by atoms with Gasteiger partial charge in [0.1, 0.15) is 6.10 Å². The summed E-state index contributed by atoms with van der Waals surface area (Å²) in [6.07, 6.45) is -0.361. The zero-order valence-electron chi connectivity index (χ0n) is 8.27. The van der Waals surface area contributed by atoms with Crippen LogP contribution in [-0.2, 0) is 14.4 Å². The van der Waals surface area contributed by atoms with Crippen LogP contribution in [0.3, 0.4) is 0 Å². The van der Waals surface area contributed by atoms with E-state index in [1.165, 1.54) is 7.11 Å². The summed E-state index contributed by atoms with van der Waals surface area (Å²) in [6, 6.07) is 7.40. The molecule has 1 atom stereocenters. The molecule has 0 radical (unpaired) electrons. The lowest BCUT2D eigenvalue weighted by Crippen LogP contribution is -2.14. The molecule has 1 rings (SSSR count). The van der Waals surface area contributed by atoms with E-state index in [1.807, 2.05) is 24.3 Å². The van der Waals surface area contributed by atoms with E-state index in [1.54, 1.807) is 0 Å². The first-order valence-electron chi connectivity index (χ1n) is 4.35. The molecule has 0 amide bonds. The van der Waals surface area contributed by atoms with E-state index in [9.17, 15) is 4.79 Å². The highest BCUT2D eigenvalue weighted by molar-refractivity contribution is 9.10. The fourth-order valence-corrected chi connectivity index (χ4v) is 1.42. The van der Waals surface area contributed by atoms with Crippen LogP contribution in [0.4, 0.5) is 0 Å². The van der Waals surface area contributed by atoms with Crippen LogP contribution < -0.4 is 5.90 Å². The molecule has 0 bridgehead atoms. The van der Waals surface area contributed by atoms with Gasteiger partial charge in [0.25, 0.3) is 0 Å². The third kappa shape index (κ3) is 3.62. The fraction of sp³-hybridized carbons (Fsp3) is 0.300. The van der Waals surface area contributed by atoms with Crippen LogP contribution in [0.25, 0.3) is 0 Å². The van der Waals surface area contributed by atoms with Gasteiger partial charge < -0.3 is 4.74 Å². The first kappa shape index (κ1) is 12.2. The molecule has 4 nitrogen and oxygen atoms in total. The van der Waals surface area contributed by atoms with Gasteiger partial charge in [-0.1, -0.05) is 28.1 Å². The van der Waals surface area contributed by atoms with Crippen molar-refractivity contribution in [2.45, 2.75) is 12.5 Å². The number of rotatable bonds is 4. The Morgan fingerprint density at radius 3 is 2.53 bits per heavy atom. The topological polar surface area (TPSA) is 61.5 Å². The molecule has 0 heterocycles. The molecule has 1 unspecified atom stereocenters. The maximum Gasteiger partial charge on any atom is 0.308 e. The molecule has 0 saturated carbocycles. The maximum absolute atomic E-state index is 11.1. The second kappa shape index (κ2) is 5.85. The number of benzene rings is 1. The molecule has 0 spiro atoms. The van der Waals surface area contributed by atoms with Crippen molar-refractivity contribution in [1.29, 1.82) is 0 Å². The Hall–Kier alpha value is -0.910. The van der Waals surface area contributed by atoms with Crippen molar-refractivity contribution in [2.24, 2.45) is 5.90 Å². The van der Waals surface area contributed by atoms with Crippen LogP contribution >= 0.6 is 15.9 Å². The number of ether oxygens (including phenoxy) is 1. The van der Waals surface area contributed by atoms with Gasteiger partial charge in [-0.2, -0.15) is 0 Å². The summed E-state index contributed by atoms with van der Waals surface area (Å²) < 4.78 is 5.50. The van der Waals surface area contributed by atoms with Crippen molar-refractivity contribution in [2.75, 3.05) is 7.11 Å².